The van der Waals surface area contributed by atoms with Crippen LogP contribution >= 0.6 is 15.9 Å². The molecule has 0 aliphatic heterocycles. The topological polar surface area (TPSA) is 43.4 Å². The average Bonchev–Trinajstić information content (AvgIpc) is 2.38. The molecule has 3 nitrogen and oxygen atoms in total. The van der Waals surface area contributed by atoms with Gasteiger partial charge in [-0.3, -0.25) is 9.59 Å². The van der Waals surface area contributed by atoms with E-state index in [4.69, 9.17) is 4.74 Å². The van der Waals surface area contributed by atoms with Crippen LogP contribution in [0.2, 0.25) is 0 Å². The van der Waals surface area contributed by atoms with E-state index in [0.717, 1.165) is 50.3 Å². The van der Waals surface area contributed by atoms with Gasteiger partial charge in [0, 0.05) is 18.2 Å². The van der Waals surface area contributed by atoms with Crippen molar-refractivity contribution < 1.29 is 14.3 Å². The van der Waals surface area contributed by atoms with Crippen LogP contribution in [0.3, 0.4) is 0 Å². The number of esters is 2. The molecule has 0 N–H and O–H groups in total. The van der Waals surface area contributed by atoms with Gasteiger partial charge >= 0.3 is 11.9 Å². The highest BCUT2D eigenvalue weighted by molar-refractivity contribution is 9.09. The van der Waals surface area contributed by atoms with Crippen LogP contribution in [-0.4, -0.2) is 17.3 Å². The largest absolute Gasteiger partial charge is 0.393 e. The minimum atomic E-state index is -0.364. The molecule has 0 spiro atoms. The van der Waals surface area contributed by atoms with Crippen LogP contribution in [-0.2, 0) is 14.3 Å². The van der Waals surface area contributed by atoms with Crippen LogP contribution < -0.4 is 0 Å². The summed E-state index contributed by atoms with van der Waals surface area (Å²) < 4.78 is 4.78. The van der Waals surface area contributed by atoms with E-state index in [2.05, 4.69) is 22.9 Å². The minimum Gasteiger partial charge on any atom is -0.393 e. The first-order valence-corrected chi connectivity index (χ1v) is 8.62. The molecule has 0 fully saturated rings. The number of hydrogen-bond donors (Lipinski definition) is 0. The number of hydrogen-bond acceptors (Lipinski definition) is 3. The number of halogens is 1. The van der Waals surface area contributed by atoms with Crippen molar-refractivity contribution >= 4 is 27.9 Å². The van der Waals surface area contributed by atoms with Crippen molar-refractivity contribution in [2.24, 2.45) is 0 Å². The van der Waals surface area contributed by atoms with Crippen molar-refractivity contribution in [3.05, 3.63) is 0 Å². The Morgan fingerprint density at radius 2 is 1.26 bits per heavy atom. The van der Waals surface area contributed by atoms with Gasteiger partial charge in [0.1, 0.15) is 0 Å². The number of unbranched alkanes of at least 4 members (excludes halogenated alkanes) is 7. The number of carbonyl (C=O) groups is 2. The highest BCUT2D eigenvalue weighted by atomic mass is 79.9. The molecule has 0 saturated heterocycles. The fourth-order valence-corrected chi connectivity index (χ4v) is 2.22. The normalized spacial score (nSPS) is 10.4. The second-order valence-corrected chi connectivity index (χ2v) is 5.66. The van der Waals surface area contributed by atoms with Gasteiger partial charge in [-0.1, -0.05) is 61.4 Å². The monoisotopic (exact) mass is 334 g/mol. The molecule has 19 heavy (non-hydrogen) atoms. The summed E-state index contributed by atoms with van der Waals surface area (Å²) in [5.41, 5.74) is 0. The fourth-order valence-electron chi connectivity index (χ4n) is 1.82. The number of carbonyl (C=O) groups excluding carboxylic acids is 2. The lowest BCUT2D eigenvalue weighted by Crippen LogP contribution is -2.11. The summed E-state index contributed by atoms with van der Waals surface area (Å²) in [5, 5.41) is 1.01. The molecule has 0 aromatic carbocycles. The van der Waals surface area contributed by atoms with E-state index in [1.165, 1.54) is 12.8 Å². The van der Waals surface area contributed by atoms with Gasteiger partial charge in [0.25, 0.3) is 0 Å². The molecule has 0 atom stereocenters. The van der Waals surface area contributed by atoms with Crippen LogP contribution in [0.5, 0.6) is 0 Å². The summed E-state index contributed by atoms with van der Waals surface area (Å²) >= 11 is 3.37. The predicted octanol–water partition coefficient (Wildman–Crippen LogP) is 4.76. The van der Waals surface area contributed by atoms with E-state index in [-0.39, 0.29) is 11.9 Å². The molecule has 0 saturated carbocycles. The summed E-state index contributed by atoms with van der Waals surface area (Å²) in [5.74, 6) is -0.723. The summed E-state index contributed by atoms with van der Waals surface area (Å²) in [4.78, 5) is 22.7. The Morgan fingerprint density at radius 1 is 0.789 bits per heavy atom. The van der Waals surface area contributed by atoms with E-state index in [0.29, 0.717) is 12.8 Å². The number of rotatable bonds is 12. The van der Waals surface area contributed by atoms with Gasteiger partial charge in [0.2, 0.25) is 0 Å². The molecular formula is C15H27BrO3. The summed E-state index contributed by atoms with van der Waals surface area (Å²) in [6.45, 7) is 2.16. The summed E-state index contributed by atoms with van der Waals surface area (Å²) in [7, 11) is 0. The first-order valence-electron chi connectivity index (χ1n) is 7.50. The Morgan fingerprint density at radius 3 is 1.74 bits per heavy atom. The second-order valence-electron chi connectivity index (χ2n) is 4.86. The Balaban J connectivity index is 3.40. The third-order valence-electron chi connectivity index (χ3n) is 2.98. The second kappa shape index (κ2) is 14.0. The van der Waals surface area contributed by atoms with Crippen LogP contribution in [0, 0.1) is 0 Å². The summed E-state index contributed by atoms with van der Waals surface area (Å²) in [6, 6.07) is 0. The highest BCUT2D eigenvalue weighted by Crippen LogP contribution is 2.08. The molecule has 0 radical (unpaired) electrons. The van der Waals surface area contributed by atoms with Gasteiger partial charge in [-0.25, -0.2) is 0 Å². The molecule has 0 aliphatic rings. The molecule has 0 unspecified atom stereocenters. The lowest BCUT2D eigenvalue weighted by atomic mass is 10.1. The SMILES string of the molecule is CCCCCCCC(=O)OC(=O)CCCCCCBr. The zero-order valence-electron chi connectivity index (χ0n) is 12.1. The maximum absolute atomic E-state index is 11.4. The average molecular weight is 335 g/mol. The molecule has 4 heteroatoms. The van der Waals surface area contributed by atoms with Crippen LogP contribution in [0.25, 0.3) is 0 Å². The van der Waals surface area contributed by atoms with Crippen molar-refractivity contribution in [3.63, 3.8) is 0 Å². The zero-order chi connectivity index (χ0) is 14.3. The molecule has 0 amide bonds. The lowest BCUT2D eigenvalue weighted by Gasteiger charge is -2.03. The van der Waals surface area contributed by atoms with Crippen molar-refractivity contribution in [2.45, 2.75) is 77.6 Å². The summed E-state index contributed by atoms with van der Waals surface area (Å²) in [6.07, 6.45) is 10.3. The molecule has 0 bridgehead atoms. The smallest absolute Gasteiger partial charge is 0.313 e. The third-order valence-corrected chi connectivity index (χ3v) is 3.54. The third kappa shape index (κ3) is 13.8. The molecular weight excluding hydrogens is 308 g/mol. The maximum Gasteiger partial charge on any atom is 0.313 e. The predicted molar refractivity (Wildman–Crippen MR) is 81.4 cm³/mol. The Kier molecular flexibility index (Phi) is 13.8. The van der Waals surface area contributed by atoms with Gasteiger partial charge < -0.3 is 4.74 Å². The highest BCUT2D eigenvalue weighted by Gasteiger charge is 2.09. The van der Waals surface area contributed by atoms with Gasteiger partial charge in [-0.05, 0) is 19.3 Å². The lowest BCUT2D eigenvalue weighted by molar-refractivity contribution is -0.159. The Bertz CT molecular complexity index is 218. The van der Waals surface area contributed by atoms with Crippen molar-refractivity contribution in [2.75, 3.05) is 5.33 Å². The number of ether oxygens (including phenoxy) is 1. The first kappa shape index (κ1) is 18.6. The van der Waals surface area contributed by atoms with E-state index < -0.39 is 0 Å². The molecule has 0 aliphatic carbocycles. The van der Waals surface area contributed by atoms with Gasteiger partial charge in [-0.15, -0.1) is 0 Å². The zero-order valence-corrected chi connectivity index (χ0v) is 13.7. The van der Waals surface area contributed by atoms with Crippen LogP contribution in [0.15, 0.2) is 0 Å². The fraction of sp³-hybridized carbons (Fsp3) is 0.867. The van der Waals surface area contributed by atoms with Gasteiger partial charge in [-0.2, -0.15) is 0 Å². The first-order chi connectivity index (χ1) is 9.20. The molecule has 0 aromatic rings. The molecule has 0 aromatic heterocycles. The molecule has 0 rings (SSSR count). The van der Waals surface area contributed by atoms with Gasteiger partial charge in [0.15, 0.2) is 0 Å². The van der Waals surface area contributed by atoms with Crippen molar-refractivity contribution in [1.29, 1.82) is 0 Å². The van der Waals surface area contributed by atoms with E-state index in [1.54, 1.807) is 0 Å². The van der Waals surface area contributed by atoms with Crippen LogP contribution in [0.1, 0.15) is 77.6 Å². The van der Waals surface area contributed by atoms with Gasteiger partial charge in [0.05, 0.1) is 0 Å². The van der Waals surface area contributed by atoms with E-state index >= 15 is 0 Å². The van der Waals surface area contributed by atoms with Crippen LogP contribution in [0.4, 0.5) is 0 Å². The Hall–Kier alpha value is -0.380. The van der Waals surface area contributed by atoms with Crippen molar-refractivity contribution in [1.82, 2.24) is 0 Å². The Labute approximate surface area is 125 Å². The number of alkyl halides is 1. The van der Waals surface area contributed by atoms with Crippen molar-refractivity contribution in [3.8, 4) is 0 Å². The quantitative estimate of drug-likeness (QED) is 0.223. The van der Waals surface area contributed by atoms with E-state index in [1.807, 2.05) is 0 Å². The molecule has 0 heterocycles. The minimum absolute atomic E-state index is 0.359. The maximum atomic E-state index is 11.4. The van der Waals surface area contributed by atoms with E-state index in [9.17, 15) is 9.59 Å². The molecule has 112 valence electrons. The standard InChI is InChI=1S/C15H27BrO3/c1-2-3-4-5-8-11-14(17)19-15(18)12-9-6-7-10-13-16/h2-13H2,1H3.